The summed E-state index contributed by atoms with van der Waals surface area (Å²) in [6.45, 7) is 2.21. The van der Waals surface area contributed by atoms with Crippen LogP contribution in [0.2, 0.25) is 0 Å². The number of nitrogens with two attached hydrogens (primary N) is 1. The number of carbonyl (C=O) groups is 3. The number of carbonyl (C=O) groups excluding carboxylic acids is 3. The highest BCUT2D eigenvalue weighted by atomic mass is 16.5. The number of ether oxygens (including phenoxy) is 1. The Hall–Kier alpha value is -2.29. The highest BCUT2D eigenvalue weighted by Gasteiger charge is 2.51. The molecule has 29 heavy (non-hydrogen) atoms. The van der Waals surface area contributed by atoms with Crippen molar-refractivity contribution in [2.75, 3.05) is 13.2 Å². The number of nitrogens with zero attached hydrogens (tertiary/aromatic N) is 1. The van der Waals surface area contributed by atoms with Crippen molar-refractivity contribution in [3.8, 4) is 0 Å². The lowest BCUT2D eigenvalue weighted by Crippen LogP contribution is -2.64. The normalized spacial score (nSPS) is 33.3. The fraction of sp³-hybridized carbons (Fsp3) is 0.571. The van der Waals surface area contributed by atoms with Crippen LogP contribution in [0.15, 0.2) is 18.2 Å². The zero-order chi connectivity index (χ0) is 20.2. The van der Waals surface area contributed by atoms with Gasteiger partial charge in [-0.15, -0.1) is 0 Å². The molecule has 2 unspecified atom stereocenters. The van der Waals surface area contributed by atoms with Gasteiger partial charge in [0.2, 0.25) is 11.8 Å². The number of fused-ring (bicyclic) bond motifs is 3. The fourth-order valence-corrected chi connectivity index (χ4v) is 5.23. The van der Waals surface area contributed by atoms with E-state index in [1.54, 1.807) is 4.90 Å². The van der Waals surface area contributed by atoms with Crippen molar-refractivity contribution in [1.82, 2.24) is 15.5 Å². The van der Waals surface area contributed by atoms with E-state index in [0.29, 0.717) is 44.1 Å². The van der Waals surface area contributed by atoms with Crippen molar-refractivity contribution in [1.29, 1.82) is 0 Å². The van der Waals surface area contributed by atoms with Crippen LogP contribution in [0.4, 0.5) is 0 Å². The first-order chi connectivity index (χ1) is 14.0. The summed E-state index contributed by atoms with van der Waals surface area (Å²) < 4.78 is 5.98. The van der Waals surface area contributed by atoms with Crippen LogP contribution in [0, 0.1) is 5.92 Å². The number of piperidine rings is 1. The Balaban J connectivity index is 1.28. The molecule has 4 aliphatic heterocycles. The maximum absolute atomic E-state index is 13.1. The van der Waals surface area contributed by atoms with Crippen LogP contribution in [0.5, 0.6) is 0 Å². The van der Waals surface area contributed by atoms with Gasteiger partial charge in [0.15, 0.2) is 0 Å². The molecule has 8 heteroatoms. The van der Waals surface area contributed by atoms with Crippen molar-refractivity contribution in [3.05, 3.63) is 34.9 Å². The van der Waals surface area contributed by atoms with Crippen LogP contribution in [-0.4, -0.2) is 53.5 Å². The second-order valence-corrected chi connectivity index (χ2v) is 8.71. The topological polar surface area (TPSA) is 114 Å². The summed E-state index contributed by atoms with van der Waals surface area (Å²) in [5.74, 6) is -0.211. The van der Waals surface area contributed by atoms with Gasteiger partial charge < -0.3 is 20.7 Å². The molecule has 5 aliphatic rings. The first kappa shape index (κ1) is 18.7. The number of imide groups is 1. The van der Waals surface area contributed by atoms with Crippen LogP contribution >= 0.6 is 0 Å². The molecule has 1 aliphatic carbocycles. The minimum absolute atomic E-state index is 0.102. The second-order valence-electron chi connectivity index (χ2n) is 8.71. The van der Waals surface area contributed by atoms with E-state index in [2.05, 4.69) is 10.6 Å². The van der Waals surface area contributed by atoms with Gasteiger partial charge in [0, 0.05) is 37.7 Å². The highest BCUT2D eigenvalue weighted by Crippen LogP contribution is 2.46. The molecule has 154 valence electrons. The average Bonchev–Trinajstić information content (AvgIpc) is 3.03. The summed E-state index contributed by atoms with van der Waals surface area (Å²) in [5, 5.41) is 5.91. The van der Waals surface area contributed by atoms with Crippen LogP contribution < -0.4 is 16.4 Å². The lowest BCUT2D eigenvalue weighted by molar-refractivity contribution is -0.186. The van der Waals surface area contributed by atoms with E-state index >= 15 is 0 Å². The van der Waals surface area contributed by atoms with E-state index in [4.69, 9.17) is 10.5 Å². The van der Waals surface area contributed by atoms with E-state index < -0.39 is 6.04 Å². The zero-order valence-corrected chi connectivity index (χ0v) is 16.3. The maximum atomic E-state index is 13.1. The van der Waals surface area contributed by atoms with E-state index in [1.165, 1.54) is 0 Å². The Morgan fingerprint density at radius 2 is 2.10 bits per heavy atom. The molecule has 6 rings (SSSR count). The summed E-state index contributed by atoms with van der Waals surface area (Å²) in [7, 11) is 0. The first-order valence-corrected chi connectivity index (χ1v) is 10.3. The maximum Gasteiger partial charge on any atom is 0.255 e. The van der Waals surface area contributed by atoms with Crippen LogP contribution in [0.3, 0.4) is 0 Å². The Morgan fingerprint density at radius 3 is 2.79 bits per heavy atom. The Bertz CT molecular complexity index is 874. The van der Waals surface area contributed by atoms with Gasteiger partial charge in [0.05, 0.1) is 12.2 Å². The summed E-state index contributed by atoms with van der Waals surface area (Å²) >= 11 is 0. The van der Waals surface area contributed by atoms with Gasteiger partial charge in [0.1, 0.15) is 6.04 Å². The Morgan fingerprint density at radius 1 is 1.28 bits per heavy atom. The average molecular weight is 398 g/mol. The molecule has 2 atom stereocenters. The molecule has 0 spiro atoms. The molecule has 3 saturated heterocycles. The molecule has 4 fully saturated rings. The smallest absolute Gasteiger partial charge is 0.255 e. The molecule has 2 bridgehead atoms. The van der Waals surface area contributed by atoms with Crippen molar-refractivity contribution in [2.45, 2.75) is 56.5 Å². The molecular weight excluding hydrogens is 372 g/mol. The number of nitrogens with one attached hydrogen (secondary N) is 2. The molecule has 4 N–H and O–H groups in total. The summed E-state index contributed by atoms with van der Waals surface area (Å²) in [6, 6.07) is 5.54. The summed E-state index contributed by atoms with van der Waals surface area (Å²) in [4.78, 5) is 38.4. The van der Waals surface area contributed by atoms with Gasteiger partial charge in [0.25, 0.3) is 5.91 Å². The minimum Gasteiger partial charge on any atom is -0.372 e. The lowest BCUT2D eigenvalue weighted by atomic mass is 9.65. The van der Waals surface area contributed by atoms with Gasteiger partial charge in [-0.2, -0.15) is 0 Å². The van der Waals surface area contributed by atoms with Crippen LogP contribution in [-0.2, 0) is 27.4 Å². The Labute approximate surface area is 169 Å². The number of hydrogen-bond donors (Lipinski definition) is 3. The van der Waals surface area contributed by atoms with Gasteiger partial charge in [-0.3, -0.25) is 19.7 Å². The second kappa shape index (κ2) is 6.90. The van der Waals surface area contributed by atoms with Gasteiger partial charge in [-0.05, 0) is 36.3 Å². The third-order valence-corrected chi connectivity index (χ3v) is 6.97. The Kier molecular flexibility index (Phi) is 4.45. The van der Waals surface area contributed by atoms with Crippen molar-refractivity contribution in [2.24, 2.45) is 11.7 Å². The van der Waals surface area contributed by atoms with E-state index in [9.17, 15) is 14.4 Å². The first-order valence-electron chi connectivity index (χ1n) is 10.3. The lowest BCUT2D eigenvalue weighted by Gasteiger charge is -2.55. The van der Waals surface area contributed by atoms with E-state index in [0.717, 1.165) is 24.0 Å². The predicted octanol–water partition coefficient (Wildman–Crippen LogP) is 0.0435. The molecule has 3 amide bonds. The molecular formula is C21H26N4O4. The monoisotopic (exact) mass is 398 g/mol. The largest absolute Gasteiger partial charge is 0.372 e. The van der Waals surface area contributed by atoms with E-state index in [1.807, 2.05) is 18.2 Å². The number of benzene rings is 1. The van der Waals surface area contributed by atoms with Crippen molar-refractivity contribution >= 4 is 17.7 Å². The van der Waals surface area contributed by atoms with Crippen molar-refractivity contribution < 1.29 is 19.1 Å². The molecule has 1 aromatic rings. The molecule has 8 nitrogen and oxygen atoms in total. The third-order valence-electron chi connectivity index (χ3n) is 6.97. The fourth-order valence-electron chi connectivity index (χ4n) is 5.23. The quantitative estimate of drug-likeness (QED) is 0.604. The minimum atomic E-state index is -0.584. The molecule has 0 aromatic heterocycles. The van der Waals surface area contributed by atoms with Crippen molar-refractivity contribution in [3.63, 3.8) is 0 Å². The standard InChI is InChI=1S/C21H26N4O4/c22-11-21-6-14(7-21)15(10-29-21)23-8-12-2-1-3-13-9-25(20(28)18(12)13)16-4-5-17(26)24-19(16)27/h1-3,14-16,23H,4-11,22H2,(H,24,26,27). The summed E-state index contributed by atoms with van der Waals surface area (Å²) in [5.41, 5.74) is 8.28. The molecule has 0 radical (unpaired) electrons. The number of hydrogen-bond acceptors (Lipinski definition) is 6. The SMILES string of the molecule is NCC12CC(C1)C(NCc1cccc3c1C(=O)N(C1CCC(=O)NC1=O)C3)CO2. The number of rotatable bonds is 5. The summed E-state index contributed by atoms with van der Waals surface area (Å²) in [6.07, 6.45) is 2.63. The number of amides is 3. The molecule has 4 heterocycles. The van der Waals surface area contributed by atoms with Crippen LogP contribution in [0.1, 0.15) is 47.2 Å². The van der Waals surface area contributed by atoms with Crippen LogP contribution in [0.25, 0.3) is 0 Å². The predicted molar refractivity (Wildman–Crippen MR) is 104 cm³/mol. The van der Waals surface area contributed by atoms with Gasteiger partial charge in [-0.25, -0.2) is 0 Å². The van der Waals surface area contributed by atoms with Gasteiger partial charge >= 0.3 is 0 Å². The zero-order valence-electron chi connectivity index (χ0n) is 16.3. The highest BCUT2D eigenvalue weighted by molar-refractivity contribution is 6.05. The molecule has 1 saturated carbocycles. The third kappa shape index (κ3) is 3.06. The van der Waals surface area contributed by atoms with Gasteiger partial charge in [-0.1, -0.05) is 18.2 Å². The molecule has 1 aromatic carbocycles. The van der Waals surface area contributed by atoms with E-state index in [-0.39, 0.29) is 35.8 Å².